The topological polar surface area (TPSA) is 81.8 Å². The Bertz CT molecular complexity index is 498. The van der Waals surface area contributed by atoms with E-state index in [1.54, 1.807) is 24.5 Å². The van der Waals surface area contributed by atoms with Crippen molar-refractivity contribution in [3.63, 3.8) is 0 Å². The fraction of sp³-hybridized carbons (Fsp3) is 0.0909. The van der Waals surface area contributed by atoms with E-state index < -0.39 is 5.91 Å². The first-order valence-corrected chi connectivity index (χ1v) is 4.76. The highest BCUT2D eigenvalue weighted by Crippen LogP contribution is 2.09. The van der Waals surface area contributed by atoms with Gasteiger partial charge in [0.1, 0.15) is 12.0 Å². The molecule has 2 aromatic rings. The smallest absolute Gasteiger partial charge is 0.267 e. The number of nitrogens with two attached hydrogens (primary N) is 1. The summed E-state index contributed by atoms with van der Waals surface area (Å²) in [6.07, 6.45) is 5.19. The minimum Gasteiger partial charge on any atom is -0.364 e. The summed E-state index contributed by atoms with van der Waals surface area (Å²) in [6, 6.07) is 5.37. The molecule has 16 heavy (non-hydrogen) atoms. The molecule has 80 valence electrons. The van der Waals surface area contributed by atoms with Crippen LogP contribution in [0.3, 0.4) is 0 Å². The third-order valence-corrected chi connectivity index (χ3v) is 2.14. The largest absolute Gasteiger partial charge is 0.364 e. The highest BCUT2D eigenvalue weighted by atomic mass is 16.1. The van der Waals surface area contributed by atoms with Crippen molar-refractivity contribution in [3.8, 4) is 0 Å². The molecular weight excluding hydrogens is 204 g/mol. The summed E-state index contributed by atoms with van der Waals surface area (Å²) in [4.78, 5) is 23.0. The molecule has 0 aromatic carbocycles. The predicted octanol–water partition coefficient (Wildman–Crippen LogP) is 0.561. The van der Waals surface area contributed by atoms with E-state index >= 15 is 0 Å². The van der Waals surface area contributed by atoms with Gasteiger partial charge in [-0.05, 0) is 17.7 Å². The Labute approximate surface area is 92.4 Å². The van der Waals surface area contributed by atoms with E-state index in [0.717, 1.165) is 11.3 Å². The van der Waals surface area contributed by atoms with Crippen LogP contribution in [0.5, 0.6) is 0 Å². The molecule has 0 aliphatic carbocycles. The third-order valence-electron chi connectivity index (χ3n) is 2.14. The summed E-state index contributed by atoms with van der Waals surface area (Å²) >= 11 is 0. The molecule has 2 aromatic heterocycles. The quantitative estimate of drug-likeness (QED) is 0.809. The van der Waals surface area contributed by atoms with Crippen LogP contribution < -0.4 is 5.73 Å². The van der Waals surface area contributed by atoms with Crippen molar-refractivity contribution in [2.24, 2.45) is 5.73 Å². The van der Waals surface area contributed by atoms with E-state index in [1.165, 1.54) is 6.33 Å². The van der Waals surface area contributed by atoms with Crippen LogP contribution in [0.15, 0.2) is 36.9 Å². The zero-order chi connectivity index (χ0) is 11.4. The van der Waals surface area contributed by atoms with Crippen molar-refractivity contribution in [3.05, 3.63) is 53.9 Å². The number of hydrogen-bond acceptors (Lipinski definition) is 4. The second kappa shape index (κ2) is 4.48. The van der Waals surface area contributed by atoms with Gasteiger partial charge >= 0.3 is 0 Å². The molecule has 0 aliphatic heterocycles. The van der Waals surface area contributed by atoms with Gasteiger partial charge in [0, 0.05) is 24.5 Å². The van der Waals surface area contributed by atoms with E-state index in [1.807, 2.05) is 6.07 Å². The van der Waals surface area contributed by atoms with Crippen LogP contribution in [-0.2, 0) is 6.42 Å². The first kappa shape index (κ1) is 10.2. The van der Waals surface area contributed by atoms with Gasteiger partial charge in [-0.3, -0.25) is 9.78 Å². The lowest BCUT2D eigenvalue weighted by molar-refractivity contribution is 0.0994. The second-order valence-corrected chi connectivity index (χ2v) is 3.25. The molecule has 0 saturated heterocycles. The molecule has 0 radical (unpaired) electrons. The van der Waals surface area contributed by atoms with E-state index in [0.29, 0.717) is 12.1 Å². The number of pyridine rings is 1. The van der Waals surface area contributed by atoms with Crippen LogP contribution in [0.4, 0.5) is 0 Å². The zero-order valence-corrected chi connectivity index (χ0v) is 8.50. The van der Waals surface area contributed by atoms with E-state index in [2.05, 4.69) is 15.0 Å². The number of rotatable bonds is 3. The van der Waals surface area contributed by atoms with Gasteiger partial charge in [0.15, 0.2) is 0 Å². The zero-order valence-electron chi connectivity index (χ0n) is 8.50. The van der Waals surface area contributed by atoms with Crippen LogP contribution in [0.25, 0.3) is 0 Å². The van der Waals surface area contributed by atoms with Gasteiger partial charge < -0.3 is 5.73 Å². The van der Waals surface area contributed by atoms with Gasteiger partial charge in [-0.15, -0.1) is 0 Å². The summed E-state index contributed by atoms with van der Waals surface area (Å²) in [5.74, 6) is -0.523. The van der Waals surface area contributed by atoms with Gasteiger partial charge in [-0.25, -0.2) is 9.97 Å². The number of primary amides is 1. The number of amides is 1. The van der Waals surface area contributed by atoms with Crippen LogP contribution in [0.1, 0.15) is 21.7 Å². The fourth-order valence-electron chi connectivity index (χ4n) is 1.42. The number of hydrogen-bond donors (Lipinski definition) is 1. The minimum atomic E-state index is -0.523. The molecular formula is C11H10N4O. The number of carbonyl (C=O) groups excluding carboxylic acids is 1. The molecule has 2 rings (SSSR count). The van der Waals surface area contributed by atoms with Crippen molar-refractivity contribution < 1.29 is 4.79 Å². The Morgan fingerprint density at radius 3 is 2.81 bits per heavy atom. The lowest BCUT2D eigenvalue weighted by atomic mass is 10.1. The molecule has 0 bridgehead atoms. The van der Waals surface area contributed by atoms with Crippen LogP contribution >= 0.6 is 0 Å². The Morgan fingerprint density at radius 1 is 1.25 bits per heavy atom. The number of aromatic nitrogens is 3. The van der Waals surface area contributed by atoms with E-state index in [4.69, 9.17) is 5.73 Å². The summed E-state index contributed by atoms with van der Waals surface area (Å²) in [5.41, 5.74) is 7.12. The highest BCUT2D eigenvalue weighted by Gasteiger charge is 2.09. The molecule has 5 nitrogen and oxygen atoms in total. The molecule has 0 unspecified atom stereocenters. The summed E-state index contributed by atoms with van der Waals surface area (Å²) in [7, 11) is 0. The van der Waals surface area contributed by atoms with Crippen molar-refractivity contribution in [1.29, 1.82) is 0 Å². The van der Waals surface area contributed by atoms with Crippen molar-refractivity contribution in [1.82, 2.24) is 15.0 Å². The van der Waals surface area contributed by atoms with Crippen LogP contribution in [-0.4, -0.2) is 20.9 Å². The van der Waals surface area contributed by atoms with Gasteiger partial charge in [-0.2, -0.15) is 0 Å². The van der Waals surface area contributed by atoms with Crippen LogP contribution in [0, 0.1) is 0 Å². The fourth-order valence-corrected chi connectivity index (χ4v) is 1.42. The van der Waals surface area contributed by atoms with Crippen molar-refractivity contribution in [2.45, 2.75) is 6.42 Å². The Morgan fingerprint density at radius 2 is 2.12 bits per heavy atom. The summed E-state index contributed by atoms with van der Waals surface area (Å²) < 4.78 is 0. The van der Waals surface area contributed by atoms with Crippen molar-refractivity contribution >= 4 is 5.91 Å². The standard InChI is InChI=1S/C11H10N4O/c12-11(16)10-8(2-1-4-14-10)6-9-3-5-13-7-15-9/h1-5,7H,6H2,(H2,12,16). The summed E-state index contributed by atoms with van der Waals surface area (Å²) in [5, 5.41) is 0. The molecule has 2 heterocycles. The number of nitrogens with zero attached hydrogens (tertiary/aromatic N) is 3. The molecule has 0 fully saturated rings. The Hall–Kier alpha value is -2.30. The van der Waals surface area contributed by atoms with Gasteiger partial charge in [0.2, 0.25) is 0 Å². The number of carbonyl (C=O) groups is 1. The lowest BCUT2D eigenvalue weighted by Gasteiger charge is -2.04. The molecule has 2 N–H and O–H groups in total. The molecule has 0 atom stereocenters. The van der Waals surface area contributed by atoms with Crippen LogP contribution in [0.2, 0.25) is 0 Å². The lowest BCUT2D eigenvalue weighted by Crippen LogP contribution is -2.16. The van der Waals surface area contributed by atoms with E-state index in [9.17, 15) is 4.79 Å². The first-order chi connectivity index (χ1) is 7.77. The third kappa shape index (κ3) is 2.20. The molecule has 0 aliphatic rings. The van der Waals surface area contributed by atoms with Gasteiger partial charge in [0.05, 0.1) is 0 Å². The first-order valence-electron chi connectivity index (χ1n) is 4.76. The van der Waals surface area contributed by atoms with E-state index in [-0.39, 0.29) is 0 Å². The normalized spacial score (nSPS) is 10.0. The van der Waals surface area contributed by atoms with Crippen molar-refractivity contribution in [2.75, 3.05) is 0 Å². The second-order valence-electron chi connectivity index (χ2n) is 3.25. The average Bonchev–Trinajstić information content (AvgIpc) is 2.31. The molecule has 1 amide bonds. The highest BCUT2D eigenvalue weighted by molar-refractivity contribution is 5.92. The van der Waals surface area contributed by atoms with Gasteiger partial charge in [0.25, 0.3) is 5.91 Å². The monoisotopic (exact) mass is 214 g/mol. The molecule has 5 heteroatoms. The maximum atomic E-state index is 11.1. The maximum absolute atomic E-state index is 11.1. The molecule has 0 saturated carbocycles. The maximum Gasteiger partial charge on any atom is 0.267 e. The predicted molar refractivity (Wildman–Crippen MR) is 57.6 cm³/mol. The molecule has 0 spiro atoms. The minimum absolute atomic E-state index is 0.293. The SMILES string of the molecule is NC(=O)c1ncccc1Cc1ccncn1. The Balaban J connectivity index is 2.31. The Kier molecular flexibility index (Phi) is 2.86. The average molecular weight is 214 g/mol. The summed E-state index contributed by atoms with van der Waals surface area (Å²) in [6.45, 7) is 0. The van der Waals surface area contributed by atoms with Gasteiger partial charge in [-0.1, -0.05) is 6.07 Å².